The number of rotatable bonds is 8. The molecule has 0 aliphatic carbocycles. The molecule has 0 saturated heterocycles. The maximum Gasteiger partial charge on any atom is 0.188 e. The van der Waals surface area contributed by atoms with E-state index in [0.717, 1.165) is 28.6 Å². The Morgan fingerprint density at radius 2 is 1.88 bits per heavy atom. The molecule has 2 atom stereocenters. The van der Waals surface area contributed by atoms with Gasteiger partial charge < -0.3 is 9.47 Å². The van der Waals surface area contributed by atoms with Crippen LogP contribution >= 0.6 is 8.58 Å². The molecule has 0 radical (unpaired) electrons. The molecular formula is C21H27O3P. The molecule has 0 spiro atoms. The van der Waals surface area contributed by atoms with Crippen molar-refractivity contribution in [1.29, 1.82) is 0 Å². The minimum atomic E-state index is -0.110. The summed E-state index contributed by atoms with van der Waals surface area (Å²) in [6, 6.07) is 14.2. The highest BCUT2D eigenvalue weighted by molar-refractivity contribution is 7.48. The normalized spacial score (nSPS) is 13.8. The summed E-state index contributed by atoms with van der Waals surface area (Å²) in [6.07, 6.45) is 0.949. The molecule has 0 aliphatic heterocycles. The molecule has 0 bridgehead atoms. The van der Waals surface area contributed by atoms with E-state index in [4.69, 9.17) is 9.47 Å². The minimum absolute atomic E-state index is 0.110. The number of methoxy groups -OCH3 is 1. The lowest BCUT2D eigenvalue weighted by Crippen LogP contribution is -2.22. The Kier molecular flexibility index (Phi) is 6.75. The third-order valence-electron chi connectivity index (χ3n) is 4.55. The van der Waals surface area contributed by atoms with Gasteiger partial charge in [-0.3, -0.25) is 4.79 Å². The molecule has 2 aromatic rings. The molecule has 134 valence electrons. The van der Waals surface area contributed by atoms with Gasteiger partial charge in [0.05, 0.1) is 0 Å². The Labute approximate surface area is 152 Å². The standard InChI is InChI=1S/C21H27O3P/c1-6-21(4,25-19-13-8-7-11-17(19)16(3)22)18-12-9-10-15(2)20(18)24-14-23-5/h7-13,25H,6,14H2,1-5H3. The van der Waals surface area contributed by atoms with Crippen LogP contribution < -0.4 is 10.0 Å². The average Bonchev–Trinajstić information content (AvgIpc) is 2.60. The summed E-state index contributed by atoms with van der Waals surface area (Å²) in [4.78, 5) is 12.0. The summed E-state index contributed by atoms with van der Waals surface area (Å²) in [5.74, 6) is 1.00. The van der Waals surface area contributed by atoms with Crippen LogP contribution in [-0.2, 0) is 9.89 Å². The van der Waals surface area contributed by atoms with E-state index in [1.165, 1.54) is 5.56 Å². The first-order valence-corrected chi connectivity index (χ1v) is 9.53. The van der Waals surface area contributed by atoms with Crippen molar-refractivity contribution in [3.63, 3.8) is 0 Å². The number of hydrogen-bond acceptors (Lipinski definition) is 3. The molecule has 0 fully saturated rings. The number of Topliss-reactive ketones (excluding diaryl/α,β-unsaturated/α-hetero) is 1. The van der Waals surface area contributed by atoms with Crippen molar-refractivity contribution in [3.8, 4) is 5.75 Å². The van der Waals surface area contributed by atoms with Gasteiger partial charge in [-0.2, -0.15) is 0 Å². The van der Waals surface area contributed by atoms with Gasteiger partial charge in [-0.25, -0.2) is 0 Å². The van der Waals surface area contributed by atoms with Gasteiger partial charge in [0.15, 0.2) is 12.6 Å². The number of aryl methyl sites for hydroxylation is 1. The first-order chi connectivity index (χ1) is 11.9. The number of ether oxygens (including phenoxy) is 2. The molecule has 0 amide bonds. The summed E-state index contributed by atoms with van der Waals surface area (Å²) in [7, 11) is 2.10. The van der Waals surface area contributed by atoms with Gasteiger partial charge in [0.2, 0.25) is 0 Å². The predicted molar refractivity (Wildman–Crippen MR) is 106 cm³/mol. The third kappa shape index (κ3) is 4.48. The van der Waals surface area contributed by atoms with Crippen molar-refractivity contribution in [1.82, 2.24) is 0 Å². The lowest BCUT2D eigenvalue weighted by atomic mass is 9.94. The summed E-state index contributed by atoms with van der Waals surface area (Å²) in [5.41, 5.74) is 3.08. The van der Waals surface area contributed by atoms with Gasteiger partial charge >= 0.3 is 0 Å². The fourth-order valence-electron chi connectivity index (χ4n) is 2.94. The maximum atomic E-state index is 12.0. The van der Waals surface area contributed by atoms with Crippen LogP contribution in [0.15, 0.2) is 42.5 Å². The van der Waals surface area contributed by atoms with Crippen LogP contribution in [0, 0.1) is 6.92 Å². The van der Waals surface area contributed by atoms with E-state index in [1.807, 2.05) is 18.2 Å². The Morgan fingerprint density at radius 1 is 1.16 bits per heavy atom. The number of ketones is 1. The summed E-state index contributed by atoms with van der Waals surface area (Å²) in [6.45, 7) is 8.34. The van der Waals surface area contributed by atoms with Crippen molar-refractivity contribution in [2.45, 2.75) is 39.3 Å². The number of carbonyl (C=O) groups is 1. The highest BCUT2D eigenvalue weighted by Gasteiger charge is 2.30. The fourth-order valence-corrected chi connectivity index (χ4v) is 4.62. The van der Waals surface area contributed by atoms with Crippen molar-refractivity contribution in [2.75, 3.05) is 13.9 Å². The largest absolute Gasteiger partial charge is 0.467 e. The van der Waals surface area contributed by atoms with Gasteiger partial charge in [0.1, 0.15) is 5.75 Å². The number of hydrogen-bond donors (Lipinski definition) is 0. The number of benzene rings is 2. The second-order valence-corrected chi connectivity index (χ2v) is 8.31. The Balaban J connectivity index is 2.48. The molecule has 0 heterocycles. The smallest absolute Gasteiger partial charge is 0.188 e. The zero-order chi connectivity index (χ0) is 18.4. The monoisotopic (exact) mass is 358 g/mol. The van der Waals surface area contributed by atoms with E-state index in [9.17, 15) is 4.79 Å². The van der Waals surface area contributed by atoms with E-state index in [1.54, 1.807) is 14.0 Å². The van der Waals surface area contributed by atoms with E-state index in [-0.39, 0.29) is 17.7 Å². The molecule has 2 rings (SSSR count). The maximum absolute atomic E-state index is 12.0. The molecular weight excluding hydrogens is 331 g/mol. The summed E-state index contributed by atoms with van der Waals surface area (Å²) >= 11 is 0. The van der Waals surface area contributed by atoms with Gasteiger partial charge in [-0.05, 0) is 31.1 Å². The Hall–Kier alpha value is -1.70. The average molecular weight is 358 g/mol. The van der Waals surface area contributed by atoms with Crippen molar-refractivity contribution >= 4 is 19.7 Å². The second-order valence-electron chi connectivity index (χ2n) is 6.41. The van der Waals surface area contributed by atoms with E-state index < -0.39 is 0 Å². The van der Waals surface area contributed by atoms with Gasteiger partial charge in [-0.15, -0.1) is 0 Å². The van der Waals surface area contributed by atoms with Crippen LogP contribution in [0.1, 0.15) is 48.7 Å². The predicted octanol–water partition coefficient (Wildman–Crippen LogP) is 4.81. The van der Waals surface area contributed by atoms with Crippen molar-refractivity contribution < 1.29 is 14.3 Å². The lowest BCUT2D eigenvalue weighted by Gasteiger charge is -2.32. The van der Waals surface area contributed by atoms with E-state index in [0.29, 0.717) is 8.58 Å². The zero-order valence-electron chi connectivity index (χ0n) is 15.7. The molecule has 0 N–H and O–H groups in total. The summed E-state index contributed by atoms with van der Waals surface area (Å²) in [5, 5.41) is 0.999. The number of para-hydroxylation sites is 1. The Morgan fingerprint density at radius 3 is 2.52 bits per heavy atom. The molecule has 3 nitrogen and oxygen atoms in total. The van der Waals surface area contributed by atoms with Gasteiger partial charge in [0.25, 0.3) is 0 Å². The first-order valence-electron chi connectivity index (χ1n) is 8.53. The first kappa shape index (κ1) is 19.6. The molecule has 0 saturated carbocycles. The quantitative estimate of drug-likeness (QED) is 0.386. The van der Waals surface area contributed by atoms with E-state index >= 15 is 0 Å². The highest BCUT2D eigenvalue weighted by atomic mass is 31.1. The minimum Gasteiger partial charge on any atom is -0.467 e. The SMILES string of the molecule is CCC(C)(Pc1ccccc1C(C)=O)c1cccc(C)c1OCOC. The van der Waals surface area contributed by atoms with Crippen LogP contribution in [0.3, 0.4) is 0 Å². The molecule has 0 aliphatic rings. The van der Waals surface area contributed by atoms with Crippen LogP contribution in [-0.4, -0.2) is 19.7 Å². The highest BCUT2D eigenvalue weighted by Crippen LogP contribution is 2.48. The fraction of sp³-hybridized carbons (Fsp3) is 0.381. The van der Waals surface area contributed by atoms with E-state index in [2.05, 4.69) is 45.0 Å². The molecule has 4 heteroatoms. The van der Waals surface area contributed by atoms with Gasteiger partial charge in [0, 0.05) is 23.4 Å². The molecule has 25 heavy (non-hydrogen) atoms. The van der Waals surface area contributed by atoms with Crippen LogP contribution in [0.5, 0.6) is 5.75 Å². The Bertz CT molecular complexity index is 742. The second kappa shape index (κ2) is 8.60. The molecule has 2 aromatic carbocycles. The zero-order valence-corrected chi connectivity index (χ0v) is 16.7. The van der Waals surface area contributed by atoms with Crippen LogP contribution in [0.25, 0.3) is 0 Å². The molecule has 0 aromatic heterocycles. The van der Waals surface area contributed by atoms with Crippen LogP contribution in [0.4, 0.5) is 0 Å². The molecule has 2 unspecified atom stereocenters. The van der Waals surface area contributed by atoms with Crippen molar-refractivity contribution in [3.05, 3.63) is 59.2 Å². The van der Waals surface area contributed by atoms with Crippen LogP contribution in [0.2, 0.25) is 0 Å². The summed E-state index contributed by atoms with van der Waals surface area (Å²) < 4.78 is 11.0. The van der Waals surface area contributed by atoms with Crippen molar-refractivity contribution in [2.24, 2.45) is 0 Å². The number of carbonyl (C=O) groups excluding carboxylic acids is 1. The van der Waals surface area contributed by atoms with Gasteiger partial charge in [-0.1, -0.05) is 64.9 Å². The topological polar surface area (TPSA) is 35.5 Å². The third-order valence-corrected chi connectivity index (χ3v) is 6.43. The lowest BCUT2D eigenvalue weighted by molar-refractivity contribution is 0.0495.